The highest BCUT2D eigenvalue weighted by atomic mass is 16.1. The normalized spacial score (nSPS) is 12.7. The van der Waals surface area contributed by atoms with Gasteiger partial charge >= 0.3 is 0 Å². The van der Waals surface area contributed by atoms with Crippen LogP contribution in [0.25, 0.3) is 11.0 Å². The van der Waals surface area contributed by atoms with E-state index in [1.54, 1.807) is 0 Å². The Morgan fingerprint density at radius 1 is 1.30 bits per heavy atom. The van der Waals surface area contributed by atoms with Gasteiger partial charge in [-0.2, -0.15) is 5.10 Å². The molecule has 3 rings (SSSR count). The van der Waals surface area contributed by atoms with Crippen molar-refractivity contribution in [1.29, 1.82) is 0 Å². The summed E-state index contributed by atoms with van der Waals surface area (Å²) in [5.74, 6) is 1.29. The summed E-state index contributed by atoms with van der Waals surface area (Å²) in [6.45, 7) is 6.17. The van der Waals surface area contributed by atoms with Crippen molar-refractivity contribution in [3.63, 3.8) is 0 Å². The molecule has 0 bridgehead atoms. The van der Waals surface area contributed by atoms with Gasteiger partial charge in [0.25, 0.3) is 0 Å². The van der Waals surface area contributed by atoms with E-state index in [2.05, 4.69) is 45.0 Å². The number of fused-ring (bicyclic) bond motifs is 1. The second-order valence-corrected chi connectivity index (χ2v) is 5.82. The fraction of sp³-hybridized carbons (Fsp3) is 0.375. The SMILES string of the molecule is CC(C)n1c([C@@H](C)NC(=O)Cc2ncn[nH]2)nc2ccccc21. The number of imidazole rings is 1. The van der Waals surface area contributed by atoms with Crippen molar-refractivity contribution in [1.82, 2.24) is 30.0 Å². The summed E-state index contributed by atoms with van der Waals surface area (Å²) in [7, 11) is 0. The van der Waals surface area contributed by atoms with Crippen LogP contribution in [0.1, 0.15) is 44.5 Å². The summed E-state index contributed by atoms with van der Waals surface area (Å²) < 4.78 is 2.16. The first-order valence-corrected chi connectivity index (χ1v) is 7.66. The van der Waals surface area contributed by atoms with E-state index in [0.717, 1.165) is 16.9 Å². The topological polar surface area (TPSA) is 88.5 Å². The minimum absolute atomic E-state index is 0.114. The number of aromatic amines is 1. The molecule has 7 heteroatoms. The Bertz CT molecular complexity index is 805. The number of hydrogen-bond acceptors (Lipinski definition) is 4. The highest BCUT2D eigenvalue weighted by molar-refractivity contribution is 5.79. The molecule has 23 heavy (non-hydrogen) atoms. The van der Waals surface area contributed by atoms with Crippen molar-refractivity contribution >= 4 is 16.9 Å². The Balaban J connectivity index is 1.84. The fourth-order valence-electron chi connectivity index (χ4n) is 2.74. The van der Waals surface area contributed by atoms with E-state index in [-0.39, 0.29) is 24.4 Å². The number of H-pyrrole nitrogens is 1. The van der Waals surface area contributed by atoms with Gasteiger partial charge in [0, 0.05) is 6.04 Å². The molecule has 1 amide bonds. The average molecular weight is 312 g/mol. The molecule has 0 radical (unpaired) electrons. The van der Waals surface area contributed by atoms with E-state index >= 15 is 0 Å². The largest absolute Gasteiger partial charge is 0.346 e. The van der Waals surface area contributed by atoms with Crippen LogP contribution in [0.2, 0.25) is 0 Å². The Kier molecular flexibility index (Phi) is 4.10. The zero-order valence-corrected chi connectivity index (χ0v) is 13.4. The summed E-state index contributed by atoms with van der Waals surface area (Å²) >= 11 is 0. The molecule has 0 saturated carbocycles. The highest BCUT2D eigenvalue weighted by Crippen LogP contribution is 2.24. The fourth-order valence-corrected chi connectivity index (χ4v) is 2.74. The summed E-state index contributed by atoms with van der Waals surface area (Å²) in [5, 5.41) is 9.42. The van der Waals surface area contributed by atoms with E-state index in [1.165, 1.54) is 6.33 Å². The van der Waals surface area contributed by atoms with Gasteiger partial charge in [0.2, 0.25) is 5.91 Å². The highest BCUT2D eigenvalue weighted by Gasteiger charge is 2.20. The van der Waals surface area contributed by atoms with E-state index in [4.69, 9.17) is 4.98 Å². The number of carbonyl (C=O) groups excluding carboxylic acids is 1. The maximum atomic E-state index is 12.2. The van der Waals surface area contributed by atoms with E-state index in [0.29, 0.717) is 5.82 Å². The van der Waals surface area contributed by atoms with Gasteiger partial charge < -0.3 is 9.88 Å². The van der Waals surface area contributed by atoms with Gasteiger partial charge in [0.15, 0.2) is 0 Å². The van der Waals surface area contributed by atoms with Gasteiger partial charge in [-0.05, 0) is 32.9 Å². The predicted octanol–water partition coefficient (Wildman–Crippen LogP) is 2.16. The first-order valence-electron chi connectivity index (χ1n) is 7.66. The number of para-hydroxylation sites is 2. The van der Waals surface area contributed by atoms with Crippen molar-refractivity contribution in [2.45, 2.75) is 39.3 Å². The van der Waals surface area contributed by atoms with Crippen LogP contribution in [-0.2, 0) is 11.2 Å². The van der Waals surface area contributed by atoms with Gasteiger partial charge in [-0.15, -0.1) is 0 Å². The molecule has 0 fully saturated rings. The summed E-state index contributed by atoms with van der Waals surface area (Å²) in [6, 6.07) is 8.07. The van der Waals surface area contributed by atoms with Gasteiger partial charge in [-0.3, -0.25) is 9.89 Å². The number of aromatic nitrogens is 5. The molecule has 0 saturated heterocycles. The number of hydrogen-bond donors (Lipinski definition) is 2. The number of carbonyl (C=O) groups is 1. The molecule has 120 valence electrons. The van der Waals surface area contributed by atoms with Crippen LogP contribution in [0.15, 0.2) is 30.6 Å². The lowest BCUT2D eigenvalue weighted by Crippen LogP contribution is -2.30. The molecule has 2 aromatic heterocycles. The van der Waals surface area contributed by atoms with Crippen LogP contribution >= 0.6 is 0 Å². The molecule has 3 aromatic rings. The minimum atomic E-state index is -0.194. The minimum Gasteiger partial charge on any atom is -0.346 e. The molecule has 0 unspecified atom stereocenters. The van der Waals surface area contributed by atoms with Crippen molar-refractivity contribution in [3.05, 3.63) is 42.2 Å². The van der Waals surface area contributed by atoms with Crippen LogP contribution in [0.4, 0.5) is 0 Å². The van der Waals surface area contributed by atoms with E-state index in [1.807, 2.05) is 25.1 Å². The van der Waals surface area contributed by atoms with Crippen LogP contribution in [0, 0.1) is 0 Å². The van der Waals surface area contributed by atoms with Gasteiger partial charge in [-0.1, -0.05) is 12.1 Å². The predicted molar refractivity (Wildman–Crippen MR) is 86.8 cm³/mol. The van der Waals surface area contributed by atoms with Crippen molar-refractivity contribution in [2.24, 2.45) is 0 Å². The molecule has 2 heterocycles. The second-order valence-electron chi connectivity index (χ2n) is 5.82. The number of amides is 1. The van der Waals surface area contributed by atoms with Crippen LogP contribution < -0.4 is 5.32 Å². The molecule has 7 nitrogen and oxygen atoms in total. The monoisotopic (exact) mass is 312 g/mol. The lowest BCUT2D eigenvalue weighted by molar-refractivity contribution is -0.121. The summed E-state index contributed by atoms with van der Waals surface area (Å²) in [5.41, 5.74) is 2.02. The number of rotatable bonds is 5. The molecular formula is C16H20N6O. The average Bonchev–Trinajstić information content (AvgIpc) is 3.13. The zero-order valence-electron chi connectivity index (χ0n) is 13.4. The third-order valence-electron chi connectivity index (χ3n) is 3.70. The van der Waals surface area contributed by atoms with Gasteiger partial charge in [-0.25, -0.2) is 9.97 Å². The summed E-state index contributed by atoms with van der Waals surface area (Å²) in [4.78, 5) is 20.8. The van der Waals surface area contributed by atoms with Crippen LogP contribution in [0.3, 0.4) is 0 Å². The van der Waals surface area contributed by atoms with Crippen molar-refractivity contribution in [3.8, 4) is 0 Å². The molecule has 0 aliphatic heterocycles. The third kappa shape index (κ3) is 3.08. The van der Waals surface area contributed by atoms with E-state index in [9.17, 15) is 4.79 Å². The first kappa shape index (κ1) is 15.2. The Hall–Kier alpha value is -2.70. The number of nitrogens with zero attached hydrogens (tertiary/aromatic N) is 4. The molecule has 0 spiro atoms. The van der Waals surface area contributed by atoms with Gasteiger partial charge in [0.1, 0.15) is 18.0 Å². The Morgan fingerprint density at radius 3 is 2.78 bits per heavy atom. The van der Waals surface area contributed by atoms with Gasteiger partial charge in [0.05, 0.1) is 23.5 Å². The maximum absolute atomic E-state index is 12.2. The Labute approximate surface area is 134 Å². The molecule has 1 aromatic carbocycles. The van der Waals surface area contributed by atoms with Crippen LogP contribution in [0.5, 0.6) is 0 Å². The quantitative estimate of drug-likeness (QED) is 0.755. The molecule has 0 aliphatic carbocycles. The number of benzene rings is 1. The van der Waals surface area contributed by atoms with Crippen molar-refractivity contribution in [2.75, 3.05) is 0 Å². The maximum Gasteiger partial charge on any atom is 0.228 e. The molecule has 2 N–H and O–H groups in total. The molecule has 1 atom stereocenters. The molecule has 0 aliphatic rings. The standard InChI is InChI=1S/C16H20N6O/c1-10(2)22-13-7-5-4-6-12(13)20-16(22)11(3)19-15(23)8-14-17-9-18-21-14/h4-7,9-11H,8H2,1-3H3,(H,19,23)(H,17,18,21)/t11-/m1/s1. The second kappa shape index (κ2) is 6.20. The number of nitrogens with one attached hydrogen (secondary N) is 2. The Morgan fingerprint density at radius 2 is 2.09 bits per heavy atom. The zero-order chi connectivity index (χ0) is 16.4. The third-order valence-corrected chi connectivity index (χ3v) is 3.70. The smallest absolute Gasteiger partial charge is 0.228 e. The van der Waals surface area contributed by atoms with Crippen LogP contribution in [-0.4, -0.2) is 30.6 Å². The first-order chi connectivity index (χ1) is 11.1. The van der Waals surface area contributed by atoms with Crippen molar-refractivity contribution < 1.29 is 4.79 Å². The summed E-state index contributed by atoms with van der Waals surface area (Å²) in [6.07, 6.45) is 1.57. The lowest BCUT2D eigenvalue weighted by atomic mass is 10.2. The van der Waals surface area contributed by atoms with E-state index < -0.39 is 0 Å². The molecular weight excluding hydrogens is 292 g/mol. The lowest BCUT2D eigenvalue weighted by Gasteiger charge is -2.18.